The second-order valence-corrected chi connectivity index (χ2v) is 4.76. The van der Waals surface area contributed by atoms with Gasteiger partial charge in [0.1, 0.15) is 0 Å². The zero-order valence-electron chi connectivity index (χ0n) is 10.4. The van der Waals surface area contributed by atoms with Crippen molar-refractivity contribution in [3.8, 4) is 6.07 Å². The van der Waals surface area contributed by atoms with Gasteiger partial charge in [-0.05, 0) is 17.6 Å². The molecular weight excluding hydrogens is 222 g/mol. The lowest BCUT2D eigenvalue weighted by Gasteiger charge is -2.40. The fraction of sp³-hybridized carbons (Fsp3) is 0.312. The van der Waals surface area contributed by atoms with E-state index in [1.54, 1.807) is 6.08 Å². The molecule has 2 atom stereocenters. The predicted octanol–water partition coefficient (Wildman–Crippen LogP) is 3.44. The molecule has 0 N–H and O–H groups in total. The van der Waals surface area contributed by atoms with Gasteiger partial charge in [0.15, 0.2) is 0 Å². The van der Waals surface area contributed by atoms with E-state index >= 15 is 0 Å². The number of nitrogens with zero attached hydrogens (tertiary/aromatic N) is 1. The molecule has 0 unspecified atom stereocenters. The van der Waals surface area contributed by atoms with Gasteiger partial charge in [-0.25, -0.2) is 0 Å². The van der Waals surface area contributed by atoms with Crippen LogP contribution in [-0.2, 0) is 4.74 Å². The first-order valence-electron chi connectivity index (χ1n) is 6.06. The summed E-state index contributed by atoms with van der Waals surface area (Å²) in [5.41, 5.74) is 1.53. The molecular formula is C16H17NO. The summed E-state index contributed by atoms with van der Waals surface area (Å²) in [4.78, 5) is 0. The summed E-state index contributed by atoms with van der Waals surface area (Å²) in [5, 5.41) is 9.60. The Labute approximate surface area is 108 Å². The third-order valence-corrected chi connectivity index (χ3v) is 3.47. The molecule has 2 heteroatoms. The molecule has 2 rings (SSSR count). The lowest BCUT2D eigenvalue weighted by atomic mass is 9.67. The maximum Gasteiger partial charge on any atom is 0.0946 e. The van der Waals surface area contributed by atoms with E-state index in [0.29, 0.717) is 19.6 Å². The molecule has 1 aliphatic rings. The number of benzene rings is 1. The maximum absolute atomic E-state index is 9.60. The highest BCUT2D eigenvalue weighted by atomic mass is 16.5. The second-order valence-electron chi connectivity index (χ2n) is 4.76. The minimum Gasteiger partial charge on any atom is -0.375 e. The van der Waals surface area contributed by atoms with Crippen LogP contribution in [0.5, 0.6) is 0 Å². The van der Waals surface area contributed by atoms with Gasteiger partial charge in [0, 0.05) is 5.92 Å². The van der Waals surface area contributed by atoms with Crippen molar-refractivity contribution in [2.24, 2.45) is 5.41 Å². The summed E-state index contributed by atoms with van der Waals surface area (Å²) in [6.45, 7) is 8.82. The van der Waals surface area contributed by atoms with Crippen LogP contribution in [0.15, 0.2) is 55.1 Å². The topological polar surface area (TPSA) is 33.0 Å². The van der Waals surface area contributed by atoms with Crippen LogP contribution in [-0.4, -0.2) is 13.2 Å². The van der Waals surface area contributed by atoms with Crippen molar-refractivity contribution in [1.29, 1.82) is 5.26 Å². The van der Waals surface area contributed by atoms with Crippen molar-refractivity contribution in [3.05, 3.63) is 60.7 Å². The molecule has 0 aromatic heterocycles. The van der Waals surface area contributed by atoms with Crippen molar-refractivity contribution in [3.63, 3.8) is 0 Å². The van der Waals surface area contributed by atoms with Crippen LogP contribution in [0.3, 0.4) is 0 Å². The Morgan fingerprint density at radius 2 is 2.17 bits per heavy atom. The lowest BCUT2D eigenvalue weighted by Crippen LogP contribution is -2.38. The smallest absolute Gasteiger partial charge is 0.0946 e. The highest BCUT2D eigenvalue weighted by Gasteiger charge is 2.43. The van der Waals surface area contributed by atoms with Gasteiger partial charge in [-0.1, -0.05) is 43.0 Å². The number of allylic oxidation sites excluding steroid dienone is 1. The van der Waals surface area contributed by atoms with E-state index in [9.17, 15) is 5.26 Å². The third kappa shape index (κ3) is 2.10. The molecule has 92 valence electrons. The summed E-state index contributed by atoms with van der Waals surface area (Å²) in [6, 6.07) is 12.5. The van der Waals surface area contributed by atoms with Crippen molar-refractivity contribution < 1.29 is 4.74 Å². The van der Waals surface area contributed by atoms with Gasteiger partial charge in [0.2, 0.25) is 0 Å². The first-order chi connectivity index (χ1) is 8.73. The summed E-state index contributed by atoms with van der Waals surface area (Å²) >= 11 is 0. The van der Waals surface area contributed by atoms with E-state index in [1.807, 2.05) is 18.2 Å². The van der Waals surface area contributed by atoms with E-state index in [-0.39, 0.29) is 5.92 Å². The largest absolute Gasteiger partial charge is 0.375 e. The van der Waals surface area contributed by atoms with Crippen LogP contribution in [0.1, 0.15) is 17.9 Å². The second kappa shape index (κ2) is 5.20. The number of rotatable bonds is 3. The lowest BCUT2D eigenvalue weighted by molar-refractivity contribution is 0.0423. The Morgan fingerprint density at radius 1 is 1.44 bits per heavy atom. The van der Waals surface area contributed by atoms with Crippen molar-refractivity contribution in [2.45, 2.75) is 12.3 Å². The van der Waals surface area contributed by atoms with Gasteiger partial charge in [-0.3, -0.25) is 0 Å². The Bertz CT molecular complexity index is 486. The molecule has 0 aliphatic carbocycles. The van der Waals surface area contributed by atoms with E-state index in [2.05, 4.69) is 31.4 Å². The zero-order valence-corrected chi connectivity index (χ0v) is 10.4. The minimum absolute atomic E-state index is 0.0236. The zero-order chi connectivity index (χ0) is 13.0. The molecule has 0 bridgehead atoms. The molecule has 0 saturated carbocycles. The molecule has 1 saturated heterocycles. The predicted molar refractivity (Wildman–Crippen MR) is 72.0 cm³/mol. The van der Waals surface area contributed by atoms with Crippen LogP contribution in [0.4, 0.5) is 0 Å². The standard InChI is InChI=1S/C16H17NO/c1-3-9-16(11-17)12-18-10-13(2)15(16)14-7-5-4-6-8-14/h3-8,15H,1-2,9-10,12H2/t15-,16-/m1/s1. The molecule has 1 heterocycles. The van der Waals surface area contributed by atoms with Gasteiger partial charge in [-0.15, -0.1) is 6.58 Å². The summed E-state index contributed by atoms with van der Waals surface area (Å²) in [6.07, 6.45) is 2.41. The van der Waals surface area contributed by atoms with Crippen LogP contribution in [0.25, 0.3) is 0 Å². The van der Waals surface area contributed by atoms with E-state index in [4.69, 9.17) is 4.74 Å². The fourth-order valence-corrected chi connectivity index (χ4v) is 2.70. The van der Waals surface area contributed by atoms with Crippen molar-refractivity contribution in [1.82, 2.24) is 0 Å². The number of nitriles is 1. The van der Waals surface area contributed by atoms with Crippen LogP contribution in [0, 0.1) is 16.7 Å². The minimum atomic E-state index is -0.571. The molecule has 18 heavy (non-hydrogen) atoms. The maximum atomic E-state index is 9.60. The fourth-order valence-electron chi connectivity index (χ4n) is 2.70. The Balaban J connectivity index is 2.47. The van der Waals surface area contributed by atoms with E-state index < -0.39 is 5.41 Å². The van der Waals surface area contributed by atoms with E-state index in [1.165, 1.54) is 0 Å². The van der Waals surface area contributed by atoms with Gasteiger partial charge >= 0.3 is 0 Å². The van der Waals surface area contributed by atoms with Crippen LogP contribution < -0.4 is 0 Å². The molecule has 1 fully saturated rings. The molecule has 1 aromatic carbocycles. The molecule has 2 nitrogen and oxygen atoms in total. The van der Waals surface area contributed by atoms with Gasteiger partial charge in [-0.2, -0.15) is 5.26 Å². The van der Waals surface area contributed by atoms with Crippen molar-refractivity contribution in [2.75, 3.05) is 13.2 Å². The summed E-state index contributed by atoms with van der Waals surface area (Å²) in [5.74, 6) is 0.0236. The summed E-state index contributed by atoms with van der Waals surface area (Å²) < 4.78 is 5.52. The molecule has 1 aliphatic heterocycles. The molecule has 0 spiro atoms. The average Bonchev–Trinajstić information content (AvgIpc) is 2.40. The molecule has 0 amide bonds. The highest BCUT2D eigenvalue weighted by molar-refractivity contribution is 5.36. The summed E-state index contributed by atoms with van der Waals surface area (Å²) in [7, 11) is 0. The average molecular weight is 239 g/mol. The van der Waals surface area contributed by atoms with E-state index in [0.717, 1.165) is 11.1 Å². The molecule has 1 aromatic rings. The monoisotopic (exact) mass is 239 g/mol. The quantitative estimate of drug-likeness (QED) is 0.757. The Morgan fingerprint density at radius 3 is 2.78 bits per heavy atom. The number of ether oxygens (including phenoxy) is 1. The SMILES string of the molecule is C=CC[C@@]1(C#N)COCC(=C)[C@@H]1c1ccccc1. The Kier molecular flexibility index (Phi) is 3.64. The van der Waals surface area contributed by atoms with Crippen molar-refractivity contribution >= 4 is 0 Å². The van der Waals surface area contributed by atoms with Crippen LogP contribution in [0.2, 0.25) is 0 Å². The third-order valence-electron chi connectivity index (χ3n) is 3.47. The van der Waals surface area contributed by atoms with Gasteiger partial charge < -0.3 is 4.74 Å². The number of hydrogen-bond acceptors (Lipinski definition) is 2. The van der Waals surface area contributed by atoms with Gasteiger partial charge in [0.05, 0.1) is 24.7 Å². The van der Waals surface area contributed by atoms with Crippen LogP contribution >= 0.6 is 0 Å². The Hall–Kier alpha value is -1.85. The normalized spacial score (nSPS) is 27.5. The first kappa shape index (κ1) is 12.6. The van der Waals surface area contributed by atoms with Gasteiger partial charge in [0.25, 0.3) is 0 Å². The molecule has 0 radical (unpaired) electrons. The highest BCUT2D eigenvalue weighted by Crippen LogP contribution is 2.46. The number of hydrogen-bond donors (Lipinski definition) is 0. The first-order valence-corrected chi connectivity index (χ1v) is 6.06.